The second-order valence-corrected chi connectivity index (χ2v) is 7.15. The van der Waals surface area contributed by atoms with Crippen LogP contribution in [0.3, 0.4) is 0 Å². The number of nitrogens with one attached hydrogen (secondary N) is 2. The maximum Gasteiger partial charge on any atom is 0.308 e. The zero-order chi connectivity index (χ0) is 20.6. The minimum Gasteiger partial charge on any atom is -0.461 e. The van der Waals surface area contributed by atoms with E-state index in [1.165, 1.54) is 0 Å². The van der Waals surface area contributed by atoms with Gasteiger partial charge in [-0.25, -0.2) is 0 Å². The van der Waals surface area contributed by atoms with Crippen LogP contribution in [0.25, 0.3) is 0 Å². The smallest absolute Gasteiger partial charge is 0.308 e. The molecule has 1 fully saturated rings. The standard InChI is InChI=1S/C22H25N3O4/c23-22(28)19(11-15-7-3-1-4-8-15)24-17-12-20(26)25-18(17)13-21(27)29-14-16-9-5-2-6-10-16/h1-10,17-19,24H,11-14H2,(H2,23,28)(H,25,26)/t17-,18+,19-/m0/s1. The lowest BCUT2D eigenvalue weighted by atomic mass is 10.0. The molecule has 0 radical (unpaired) electrons. The molecule has 152 valence electrons. The summed E-state index contributed by atoms with van der Waals surface area (Å²) in [5.74, 6) is -1.09. The number of carbonyl (C=O) groups is 3. The Kier molecular flexibility index (Phi) is 6.97. The molecule has 1 aliphatic rings. The highest BCUT2D eigenvalue weighted by molar-refractivity contribution is 5.83. The quantitative estimate of drug-likeness (QED) is 0.550. The number of rotatable bonds is 9. The Hall–Kier alpha value is -3.19. The van der Waals surface area contributed by atoms with Crippen LogP contribution in [-0.2, 0) is 32.1 Å². The highest BCUT2D eigenvalue weighted by atomic mass is 16.5. The Morgan fingerprint density at radius 2 is 1.69 bits per heavy atom. The van der Waals surface area contributed by atoms with Crippen molar-refractivity contribution < 1.29 is 19.1 Å². The lowest BCUT2D eigenvalue weighted by Crippen LogP contribution is -2.52. The molecule has 1 saturated heterocycles. The summed E-state index contributed by atoms with van der Waals surface area (Å²) in [6.45, 7) is 0.177. The van der Waals surface area contributed by atoms with Crippen LogP contribution in [0.5, 0.6) is 0 Å². The first-order valence-corrected chi connectivity index (χ1v) is 9.59. The topological polar surface area (TPSA) is 111 Å². The summed E-state index contributed by atoms with van der Waals surface area (Å²) in [4.78, 5) is 36.1. The van der Waals surface area contributed by atoms with Crippen LogP contribution in [0.4, 0.5) is 0 Å². The van der Waals surface area contributed by atoms with Crippen LogP contribution in [0, 0.1) is 0 Å². The number of ether oxygens (including phenoxy) is 1. The van der Waals surface area contributed by atoms with Crippen molar-refractivity contribution in [3.8, 4) is 0 Å². The van der Waals surface area contributed by atoms with Crippen molar-refractivity contribution in [3.63, 3.8) is 0 Å². The van der Waals surface area contributed by atoms with Gasteiger partial charge in [0.2, 0.25) is 11.8 Å². The van der Waals surface area contributed by atoms with Gasteiger partial charge in [0.15, 0.2) is 0 Å². The normalized spacial score (nSPS) is 19.4. The Labute approximate surface area is 169 Å². The van der Waals surface area contributed by atoms with Crippen LogP contribution in [0.15, 0.2) is 60.7 Å². The van der Waals surface area contributed by atoms with Crippen LogP contribution in [0.1, 0.15) is 24.0 Å². The summed E-state index contributed by atoms with van der Waals surface area (Å²) >= 11 is 0. The summed E-state index contributed by atoms with van der Waals surface area (Å²) in [6.07, 6.45) is 0.605. The van der Waals surface area contributed by atoms with Crippen molar-refractivity contribution in [1.82, 2.24) is 10.6 Å². The molecule has 2 aromatic rings. The van der Waals surface area contributed by atoms with E-state index >= 15 is 0 Å². The van der Waals surface area contributed by atoms with Crippen molar-refractivity contribution in [2.24, 2.45) is 5.73 Å². The Morgan fingerprint density at radius 1 is 1.07 bits per heavy atom. The molecule has 4 N–H and O–H groups in total. The fourth-order valence-electron chi connectivity index (χ4n) is 3.40. The molecule has 2 aromatic carbocycles. The first kappa shape index (κ1) is 20.5. The zero-order valence-corrected chi connectivity index (χ0v) is 16.0. The molecule has 0 aliphatic carbocycles. The van der Waals surface area contributed by atoms with E-state index in [2.05, 4.69) is 10.6 Å². The molecule has 7 heteroatoms. The Bertz CT molecular complexity index is 842. The second-order valence-electron chi connectivity index (χ2n) is 7.15. The number of esters is 1. The van der Waals surface area contributed by atoms with Gasteiger partial charge in [0.25, 0.3) is 0 Å². The SMILES string of the molecule is NC(=O)[C@H](Cc1ccccc1)N[C@H]1CC(=O)N[C@@H]1CC(=O)OCc1ccccc1. The fourth-order valence-corrected chi connectivity index (χ4v) is 3.40. The summed E-state index contributed by atoms with van der Waals surface area (Å²) in [5.41, 5.74) is 7.41. The number of primary amides is 1. The Balaban J connectivity index is 1.57. The highest BCUT2D eigenvalue weighted by Gasteiger charge is 2.36. The number of carbonyl (C=O) groups excluding carboxylic acids is 3. The number of nitrogens with two attached hydrogens (primary N) is 1. The third-order valence-corrected chi connectivity index (χ3v) is 4.91. The number of benzene rings is 2. The molecule has 7 nitrogen and oxygen atoms in total. The molecule has 0 saturated carbocycles. The molecule has 1 heterocycles. The van der Waals surface area contributed by atoms with E-state index in [0.29, 0.717) is 6.42 Å². The molecular formula is C22H25N3O4. The van der Waals surface area contributed by atoms with E-state index in [1.54, 1.807) is 0 Å². The van der Waals surface area contributed by atoms with E-state index < -0.39 is 24.0 Å². The van der Waals surface area contributed by atoms with Gasteiger partial charge in [0.05, 0.1) is 18.5 Å². The number of hydrogen-bond donors (Lipinski definition) is 3. The molecule has 0 unspecified atom stereocenters. The minimum atomic E-state index is -0.641. The predicted octanol–water partition coefficient (Wildman–Crippen LogP) is 1.06. The fraction of sp³-hybridized carbons (Fsp3) is 0.318. The van der Waals surface area contributed by atoms with E-state index in [0.717, 1.165) is 11.1 Å². The van der Waals surface area contributed by atoms with E-state index in [1.807, 2.05) is 60.7 Å². The van der Waals surface area contributed by atoms with E-state index in [9.17, 15) is 14.4 Å². The monoisotopic (exact) mass is 395 g/mol. The number of amides is 2. The van der Waals surface area contributed by atoms with Gasteiger partial charge in [-0.2, -0.15) is 0 Å². The summed E-state index contributed by atoms with van der Waals surface area (Å²) < 4.78 is 5.31. The van der Waals surface area contributed by atoms with Crippen molar-refractivity contribution >= 4 is 17.8 Å². The lowest BCUT2D eigenvalue weighted by Gasteiger charge is -2.24. The van der Waals surface area contributed by atoms with Gasteiger partial charge in [-0.05, 0) is 17.5 Å². The van der Waals surface area contributed by atoms with Gasteiger partial charge in [-0.1, -0.05) is 60.7 Å². The summed E-state index contributed by atoms with van der Waals surface area (Å²) in [6, 6.07) is 17.4. The van der Waals surface area contributed by atoms with Crippen molar-refractivity contribution in [1.29, 1.82) is 0 Å². The van der Waals surface area contributed by atoms with Crippen molar-refractivity contribution in [2.45, 2.75) is 44.0 Å². The van der Waals surface area contributed by atoms with Crippen molar-refractivity contribution in [2.75, 3.05) is 0 Å². The third-order valence-electron chi connectivity index (χ3n) is 4.91. The first-order valence-electron chi connectivity index (χ1n) is 9.59. The maximum absolute atomic E-state index is 12.2. The van der Waals surface area contributed by atoms with Gasteiger partial charge in [0, 0.05) is 12.5 Å². The zero-order valence-electron chi connectivity index (χ0n) is 16.0. The van der Waals surface area contributed by atoms with Crippen molar-refractivity contribution in [3.05, 3.63) is 71.8 Å². The van der Waals surface area contributed by atoms with Gasteiger partial charge in [-0.15, -0.1) is 0 Å². The summed E-state index contributed by atoms with van der Waals surface area (Å²) in [7, 11) is 0. The molecule has 3 atom stereocenters. The van der Waals surface area contributed by atoms with Gasteiger partial charge < -0.3 is 21.1 Å². The summed E-state index contributed by atoms with van der Waals surface area (Å²) in [5, 5.41) is 5.94. The van der Waals surface area contributed by atoms with Crippen LogP contribution in [0.2, 0.25) is 0 Å². The van der Waals surface area contributed by atoms with Gasteiger partial charge >= 0.3 is 5.97 Å². The van der Waals surface area contributed by atoms with Crippen LogP contribution < -0.4 is 16.4 Å². The van der Waals surface area contributed by atoms with Crippen LogP contribution in [-0.4, -0.2) is 35.9 Å². The Morgan fingerprint density at radius 3 is 2.31 bits per heavy atom. The second kappa shape index (κ2) is 9.84. The number of hydrogen-bond acceptors (Lipinski definition) is 5. The average Bonchev–Trinajstić information content (AvgIpc) is 3.06. The van der Waals surface area contributed by atoms with Gasteiger partial charge in [-0.3, -0.25) is 14.4 Å². The third kappa shape index (κ3) is 6.15. The molecule has 3 rings (SSSR count). The molecule has 2 amide bonds. The first-order chi connectivity index (χ1) is 14.0. The van der Waals surface area contributed by atoms with Crippen LogP contribution >= 0.6 is 0 Å². The molecule has 29 heavy (non-hydrogen) atoms. The lowest BCUT2D eigenvalue weighted by molar-refractivity contribution is -0.145. The predicted molar refractivity (Wildman–Crippen MR) is 107 cm³/mol. The molecule has 0 aromatic heterocycles. The molecule has 1 aliphatic heterocycles. The highest BCUT2D eigenvalue weighted by Crippen LogP contribution is 2.15. The van der Waals surface area contributed by atoms with Gasteiger partial charge in [0.1, 0.15) is 6.61 Å². The molecular weight excluding hydrogens is 370 g/mol. The average molecular weight is 395 g/mol. The largest absolute Gasteiger partial charge is 0.461 e. The van der Waals surface area contributed by atoms with E-state index in [4.69, 9.17) is 10.5 Å². The van der Waals surface area contributed by atoms with E-state index in [-0.39, 0.29) is 31.4 Å². The molecule has 0 bridgehead atoms. The minimum absolute atomic E-state index is 0.0209. The molecule has 0 spiro atoms. The maximum atomic E-state index is 12.2.